The molecule has 1 amide bonds. The van der Waals surface area contributed by atoms with E-state index in [1.807, 2.05) is 42.5 Å². The minimum Gasteiger partial charge on any atom is -0.489 e. The largest absolute Gasteiger partial charge is 0.489 e. The zero-order valence-electron chi connectivity index (χ0n) is 14.4. The van der Waals surface area contributed by atoms with E-state index >= 15 is 0 Å². The van der Waals surface area contributed by atoms with E-state index < -0.39 is 5.97 Å². The number of nitrogens with one attached hydrogen (secondary N) is 2. The molecule has 2 aromatic carbocycles. The summed E-state index contributed by atoms with van der Waals surface area (Å²) < 4.78 is 10.2. The lowest BCUT2D eigenvalue weighted by molar-refractivity contribution is -0.142. The highest BCUT2D eigenvalue weighted by Gasteiger charge is 2.08. The summed E-state index contributed by atoms with van der Waals surface area (Å²) in [5, 5.41) is 5.58. The Bertz CT molecular complexity index is 748. The second-order valence-corrected chi connectivity index (χ2v) is 5.79. The average Bonchev–Trinajstić information content (AvgIpc) is 2.66. The number of thiocarbonyl (C=S) groups is 1. The van der Waals surface area contributed by atoms with Crippen LogP contribution in [0.2, 0.25) is 0 Å². The van der Waals surface area contributed by atoms with Gasteiger partial charge < -0.3 is 20.1 Å². The molecule has 0 aliphatic heterocycles. The Morgan fingerprint density at radius 1 is 1.00 bits per heavy atom. The third-order valence-electron chi connectivity index (χ3n) is 3.40. The minimum absolute atomic E-state index is 0.0123. The van der Waals surface area contributed by atoms with Gasteiger partial charge in [-0.1, -0.05) is 30.3 Å². The zero-order chi connectivity index (χ0) is 18.8. The Balaban J connectivity index is 1.76. The maximum atomic E-state index is 11.7. The summed E-state index contributed by atoms with van der Waals surface area (Å²) >= 11 is 5.08. The van der Waals surface area contributed by atoms with Crippen LogP contribution < -0.4 is 15.4 Å². The van der Waals surface area contributed by atoms with Crippen LogP contribution in [0.4, 0.5) is 5.69 Å². The molecule has 7 heteroatoms. The molecule has 0 aromatic heterocycles. The van der Waals surface area contributed by atoms with Gasteiger partial charge in [0.1, 0.15) is 12.4 Å². The highest BCUT2D eigenvalue weighted by molar-refractivity contribution is 7.80. The predicted octanol–water partition coefficient (Wildman–Crippen LogP) is 3.03. The van der Waals surface area contributed by atoms with E-state index in [1.165, 1.54) is 7.11 Å². The smallest absolute Gasteiger partial charge is 0.306 e. The number of benzene rings is 2. The number of carbonyl (C=O) groups excluding carboxylic acids is 2. The van der Waals surface area contributed by atoms with Gasteiger partial charge in [-0.3, -0.25) is 9.59 Å². The highest BCUT2D eigenvalue weighted by Crippen LogP contribution is 2.17. The predicted molar refractivity (Wildman–Crippen MR) is 103 cm³/mol. The first-order valence-electron chi connectivity index (χ1n) is 8.01. The van der Waals surface area contributed by atoms with E-state index in [2.05, 4.69) is 15.4 Å². The fraction of sp³-hybridized carbons (Fsp3) is 0.211. The first kappa shape index (κ1) is 19.4. The summed E-state index contributed by atoms with van der Waals surface area (Å²) in [6.07, 6.45) is 0.0269. The fourth-order valence-corrected chi connectivity index (χ4v) is 2.28. The number of esters is 1. The van der Waals surface area contributed by atoms with Crippen molar-refractivity contribution in [2.45, 2.75) is 19.4 Å². The van der Waals surface area contributed by atoms with E-state index in [9.17, 15) is 9.59 Å². The van der Waals surface area contributed by atoms with Gasteiger partial charge in [-0.2, -0.15) is 0 Å². The van der Waals surface area contributed by atoms with Crippen molar-refractivity contribution in [3.05, 3.63) is 60.2 Å². The number of carbonyl (C=O) groups is 2. The number of methoxy groups -OCH3 is 1. The second-order valence-electron chi connectivity index (χ2n) is 5.38. The van der Waals surface area contributed by atoms with Crippen molar-refractivity contribution in [3.63, 3.8) is 0 Å². The lowest BCUT2D eigenvalue weighted by atomic mass is 10.2. The quantitative estimate of drug-likeness (QED) is 0.575. The fourth-order valence-electron chi connectivity index (χ4n) is 2.04. The molecule has 0 fully saturated rings. The van der Waals surface area contributed by atoms with Crippen molar-refractivity contribution in [2.75, 3.05) is 12.4 Å². The van der Waals surface area contributed by atoms with E-state index in [4.69, 9.17) is 17.0 Å². The van der Waals surface area contributed by atoms with Gasteiger partial charge in [-0.15, -0.1) is 0 Å². The molecule has 6 nitrogen and oxygen atoms in total. The Morgan fingerprint density at radius 2 is 1.69 bits per heavy atom. The zero-order valence-corrected chi connectivity index (χ0v) is 15.2. The average molecular weight is 372 g/mol. The van der Waals surface area contributed by atoms with Gasteiger partial charge in [-0.25, -0.2) is 0 Å². The number of anilines is 1. The van der Waals surface area contributed by atoms with Gasteiger partial charge in [0, 0.05) is 12.1 Å². The van der Waals surface area contributed by atoms with E-state index in [0.29, 0.717) is 6.61 Å². The number of hydrogen-bond acceptors (Lipinski definition) is 5. The number of ether oxygens (including phenoxy) is 2. The first-order valence-corrected chi connectivity index (χ1v) is 8.42. The molecular formula is C19H20N2O4S. The molecule has 0 aliphatic carbocycles. The van der Waals surface area contributed by atoms with Gasteiger partial charge in [0.05, 0.1) is 13.5 Å². The van der Waals surface area contributed by atoms with Crippen molar-refractivity contribution in [1.29, 1.82) is 0 Å². The van der Waals surface area contributed by atoms with Gasteiger partial charge in [0.15, 0.2) is 5.11 Å². The molecule has 0 bridgehead atoms. The maximum Gasteiger partial charge on any atom is 0.306 e. The van der Waals surface area contributed by atoms with Crippen LogP contribution in [0.1, 0.15) is 18.4 Å². The summed E-state index contributed by atoms with van der Waals surface area (Å²) in [4.78, 5) is 22.7. The van der Waals surface area contributed by atoms with Crippen molar-refractivity contribution in [3.8, 4) is 5.75 Å². The monoisotopic (exact) mass is 372 g/mol. The molecule has 0 aliphatic rings. The molecule has 0 atom stereocenters. The third kappa shape index (κ3) is 6.90. The molecule has 0 heterocycles. The molecule has 0 saturated heterocycles. The second kappa shape index (κ2) is 10.1. The van der Waals surface area contributed by atoms with Crippen LogP contribution in [-0.2, 0) is 20.9 Å². The van der Waals surface area contributed by atoms with Gasteiger partial charge in [0.25, 0.3) is 0 Å². The van der Waals surface area contributed by atoms with Gasteiger partial charge in [-0.05, 0) is 42.0 Å². The van der Waals surface area contributed by atoms with Crippen molar-refractivity contribution >= 4 is 34.9 Å². The lowest BCUT2D eigenvalue weighted by Crippen LogP contribution is -2.34. The standard InChI is InChI=1S/C19H20N2O4S/c1-24-18(23)12-11-17(22)21-19(26)20-15-7-9-16(10-8-15)25-13-14-5-3-2-4-6-14/h2-10H,11-13H2,1H3,(H2,20,21,22,26). The van der Waals surface area contributed by atoms with Crippen molar-refractivity contribution < 1.29 is 19.1 Å². The molecule has 0 spiro atoms. The summed E-state index contributed by atoms with van der Waals surface area (Å²) in [6, 6.07) is 17.1. The molecular weight excluding hydrogens is 352 g/mol. The summed E-state index contributed by atoms with van der Waals surface area (Å²) in [5.74, 6) is -0.0618. The number of rotatable bonds is 7. The summed E-state index contributed by atoms with van der Waals surface area (Å²) in [6.45, 7) is 0.488. The van der Waals surface area contributed by atoms with Crippen LogP contribution in [-0.4, -0.2) is 24.1 Å². The molecule has 26 heavy (non-hydrogen) atoms. The van der Waals surface area contributed by atoms with Crippen LogP contribution in [0.5, 0.6) is 5.75 Å². The number of amides is 1. The van der Waals surface area contributed by atoms with Crippen LogP contribution >= 0.6 is 12.2 Å². The topological polar surface area (TPSA) is 76.7 Å². The van der Waals surface area contributed by atoms with Gasteiger partial charge in [0.2, 0.25) is 5.91 Å². The van der Waals surface area contributed by atoms with Crippen LogP contribution in [0.15, 0.2) is 54.6 Å². The first-order chi connectivity index (χ1) is 12.6. The lowest BCUT2D eigenvalue weighted by Gasteiger charge is -2.11. The van der Waals surface area contributed by atoms with Crippen molar-refractivity contribution in [1.82, 2.24) is 5.32 Å². The highest BCUT2D eigenvalue weighted by atomic mass is 32.1. The summed E-state index contributed by atoms with van der Waals surface area (Å²) in [5.41, 5.74) is 1.81. The van der Waals surface area contributed by atoms with E-state index in [1.54, 1.807) is 12.1 Å². The molecule has 2 aromatic rings. The molecule has 2 N–H and O–H groups in total. The normalized spacial score (nSPS) is 9.88. The van der Waals surface area contributed by atoms with Crippen LogP contribution in [0.3, 0.4) is 0 Å². The molecule has 0 unspecified atom stereocenters. The van der Waals surface area contributed by atoms with Crippen LogP contribution in [0.25, 0.3) is 0 Å². The van der Waals surface area contributed by atoms with E-state index in [-0.39, 0.29) is 23.9 Å². The SMILES string of the molecule is COC(=O)CCC(=O)NC(=S)Nc1ccc(OCc2ccccc2)cc1. The Kier molecular flexibility index (Phi) is 7.57. The van der Waals surface area contributed by atoms with E-state index in [0.717, 1.165) is 17.0 Å². The molecule has 0 radical (unpaired) electrons. The Labute approximate surface area is 157 Å². The Morgan fingerprint density at radius 3 is 2.35 bits per heavy atom. The van der Waals surface area contributed by atoms with Crippen LogP contribution in [0, 0.1) is 0 Å². The molecule has 136 valence electrons. The molecule has 2 rings (SSSR count). The third-order valence-corrected chi connectivity index (χ3v) is 3.60. The Hall–Kier alpha value is -2.93. The minimum atomic E-state index is -0.440. The number of hydrogen-bond donors (Lipinski definition) is 2. The maximum absolute atomic E-state index is 11.7. The van der Waals surface area contributed by atoms with Gasteiger partial charge >= 0.3 is 5.97 Å². The molecule has 0 saturated carbocycles. The summed E-state index contributed by atoms with van der Waals surface area (Å²) in [7, 11) is 1.28. The van der Waals surface area contributed by atoms with Crippen molar-refractivity contribution in [2.24, 2.45) is 0 Å².